The number of likely N-dealkylation sites (N-methyl/N-ethyl adjacent to an activating group) is 1. The molecule has 0 aliphatic rings. The molecule has 0 saturated carbocycles. The van der Waals surface area contributed by atoms with E-state index in [2.05, 4.69) is 23.9 Å². The summed E-state index contributed by atoms with van der Waals surface area (Å²) in [6, 6.07) is 6.08. The summed E-state index contributed by atoms with van der Waals surface area (Å²) in [6.45, 7) is 8.83. The minimum Gasteiger partial charge on any atom is -0.380 e. The van der Waals surface area contributed by atoms with Crippen molar-refractivity contribution in [3.63, 3.8) is 0 Å². The minimum atomic E-state index is -0.151. The van der Waals surface area contributed by atoms with Crippen molar-refractivity contribution in [3.8, 4) is 0 Å². The molecular formula is C14H25N3O. The highest BCUT2D eigenvalue weighted by Gasteiger charge is 2.28. The summed E-state index contributed by atoms with van der Waals surface area (Å²) in [6.07, 6.45) is 0. The zero-order chi connectivity index (χ0) is 13.6. The van der Waals surface area contributed by atoms with Crippen LogP contribution in [0.3, 0.4) is 0 Å². The largest absolute Gasteiger partial charge is 0.380 e. The van der Waals surface area contributed by atoms with Crippen molar-refractivity contribution in [2.75, 3.05) is 26.8 Å². The topological polar surface area (TPSA) is 51.4 Å². The molecule has 102 valence electrons. The Hall–Kier alpha value is -0.970. The van der Waals surface area contributed by atoms with Gasteiger partial charge in [0.25, 0.3) is 0 Å². The summed E-state index contributed by atoms with van der Waals surface area (Å²) in [5.74, 6) is 0. The molecule has 1 unspecified atom stereocenters. The lowest BCUT2D eigenvalue weighted by molar-refractivity contribution is 0.0196. The smallest absolute Gasteiger partial charge is 0.0659 e. The van der Waals surface area contributed by atoms with E-state index in [1.807, 2.05) is 32.0 Å². The van der Waals surface area contributed by atoms with E-state index < -0.39 is 0 Å². The van der Waals surface area contributed by atoms with E-state index in [0.29, 0.717) is 19.8 Å². The van der Waals surface area contributed by atoms with Gasteiger partial charge in [0.2, 0.25) is 0 Å². The van der Waals surface area contributed by atoms with Crippen molar-refractivity contribution in [1.82, 2.24) is 9.88 Å². The fourth-order valence-corrected chi connectivity index (χ4v) is 1.77. The number of pyridine rings is 1. The number of hydrogen-bond acceptors (Lipinski definition) is 4. The van der Waals surface area contributed by atoms with Crippen molar-refractivity contribution in [2.45, 2.75) is 32.9 Å². The van der Waals surface area contributed by atoms with E-state index in [1.54, 1.807) is 0 Å². The third-order valence-electron chi connectivity index (χ3n) is 3.32. The van der Waals surface area contributed by atoms with Crippen LogP contribution in [0.2, 0.25) is 0 Å². The SMILES string of the molecule is CCOCC(C)(CN)N(C)Cc1cccc(C)n1. The number of nitrogens with two attached hydrogens (primary N) is 1. The summed E-state index contributed by atoms with van der Waals surface area (Å²) in [7, 11) is 2.07. The molecule has 0 fully saturated rings. The van der Waals surface area contributed by atoms with Crippen molar-refractivity contribution in [1.29, 1.82) is 0 Å². The van der Waals surface area contributed by atoms with Gasteiger partial charge < -0.3 is 10.5 Å². The van der Waals surface area contributed by atoms with Crippen LogP contribution in [0.15, 0.2) is 18.2 Å². The molecule has 0 aliphatic carbocycles. The van der Waals surface area contributed by atoms with Gasteiger partial charge in [-0.2, -0.15) is 0 Å². The molecule has 0 aliphatic heterocycles. The zero-order valence-electron chi connectivity index (χ0n) is 11.9. The number of aryl methyl sites for hydroxylation is 1. The minimum absolute atomic E-state index is 0.151. The molecule has 0 spiro atoms. The second-order valence-electron chi connectivity index (χ2n) is 4.96. The molecule has 4 heteroatoms. The van der Waals surface area contributed by atoms with Crippen LogP contribution in [0.5, 0.6) is 0 Å². The van der Waals surface area contributed by atoms with E-state index in [4.69, 9.17) is 10.5 Å². The van der Waals surface area contributed by atoms with Crippen LogP contribution in [0.4, 0.5) is 0 Å². The molecule has 0 bridgehead atoms. The van der Waals surface area contributed by atoms with Crippen LogP contribution in [0, 0.1) is 6.92 Å². The quantitative estimate of drug-likeness (QED) is 0.799. The Bertz CT molecular complexity index is 370. The molecule has 1 heterocycles. The van der Waals surface area contributed by atoms with E-state index in [1.165, 1.54) is 0 Å². The van der Waals surface area contributed by atoms with Crippen molar-refractivity contribution in [2.24, 2.45) is 5.73 Å². The number of rotatable bonds is 7. The standard InChI is InChI=1S/C14H25N3O/c1-5-18-11-14(3,10-15)17(4)9-13-8-6-7-12(2)16-13/h6-8H,5,9-11,15H2,1-4H3. The number of ether oxygens (including phenoxy) is 1. The maximum Gasteiger partial charge on any atom is 0.0659 e. The summed E-state index contributed by atoms with van der Waals surface area (Å²) in [5, 5.41) is 0. The van der Waals surface area contributed by atoms with E-state index in [9.17, 15) is 0 Å². The van der Waals surface area contributed by atoms with E-state index in [0.717, 1.165) is 17.9 Å². The molecule has 0 saturated heterocycles. The third kappa shape index (κ3) is 4.05. The average Bonchev–Trinajstić information content (AvgIpc) is 2.36. The lowest BCUT2D eigenvalue weighted by atomic mass is 10.0. The zero-order valence-corrected chi connectivity index (χ0v) is 11.9. The second-order valence-corrected chi connectivity index (χ2v) is 4.96. The van der Waals surface area contributed by atoms with Gasteiger partial charge in [0.15, 0.2) is 0 Å². The molecule has 18 heavy (non-hydrogen) atoms. The predicted octanol–water partition coefficient (Wildman–Crippen LogP) is 1.58. The first kappa shape index (κ1) is 15.1. The maximum absolute atomic E-state index is 5.89. The van der Waals surface area contributed by atoms with Crippen LogP contribution in [-0.4, -0.2) is 42.2 Å². The molecule has 2 N–H and O–H groups in total. The first-order valence-corrected chi connectivity index (χ1v) is 6.43. The van der Waals surface area contributed by atoms with Gasteiger partial charge in [0, 0.05) is 25.4 Å². The van der Waals surface area contributed by atoms with Gasteiger partial charge in [0.05, 0.1) is 17.8 Å². The van der Waals surface area contributed by atoms with Crippen LogP contribution < -0.4 is 5.73 Å². The van der Waals surface area contributed by atoms with Crippen LogP contribution in [0.25, 0.3) is 0 Å². The van der Waals surface area contributed by atoms with Gasteiger partial charge in [-0.25, -0.2) is 0 Å². The Balaban J connectivity index is 2.69. The molecule has 1 aromatic rings. The summed E-state index contributed by atoms with van der Waals surface area (Å²) in [4.78, 5) is 6.73. The Morgan fingerprint density at radius 1 is 1.44 bits per heavy atom. The lowest BCUT2D eigenvalue weighted by Gasteiger charge is -2.37. The summed E-state index contributed by atoms with van der Waals surface area (Å²) in [5.41, 5.74) is 7.84. The van der Waals surface area contributed by atoms with Crippen LogP contribution in [0.1, 0.15) is 25.2 Å². The number of aromatic nitrogens is 1. The fourth-order valence-electron chi connectivity index (χ4n) is 1.77. The van der Waals surface area contributed by atoms with Crippen molar-refractivity contribution in [3.05, 3.63) is 29.6 Å². The van der Waals surface area contributed by atoms with Gasteiger partial charge >= 0.3 is 0 Å². The third-order valence-corrected chi connectivity index (χ3v) is 3.32. The highest BCUT2D eigenvalue weighted by Crippen LogP contribution is 2.15. The molecule has 1 rings (SSSR count). The molecule has 1 atom stereocenters. The van der Waals surface area contributed by atoms with Gasteiger partial charge in [0.1, 0.15) is 0 Å². The fraction of sp³-hybridized carbons (Fsp3) is 0.643. The van der Waals surface area contributed by atoms with Crippen molar-refractivity contribution < 1.29 is 4.74 Å². The van der Waals surface area contributed by atoms with Gasteiger partial charge in [-0.1, -0.05) is 6.07 Å². The molecule has 0 radical (unpaired) electrons. The Morgan fingerprint density at radius 3 is 2.72 bits per heavy atom. The Kier molecular flexibility index (Phi) is 5.72. The number of nitrogens with zero attached hydrogens (tertiary/aromatic N) is 2. The Morgan fingerprint density at radius 2 is 2.17 bits per heavy atom. The summed E-state index contributed by atoms with van der Waals surface area (Å²) >= 11 is 0. The van der Waals surface area contributed by atoms with Crippen molar-refractivity contribution >= 4 is 0 Å². The Labute approximate surface area is 110 Å². The van der Waals surface area contributed by atoms with Gasteiger partial charge in [-0.05, 0) is 40.0 Å². The predicted molar refractivity (Wildman–Crippen MR) is 74.4 cm³/mol. The first-order chi connectivity index (χ1) is 8.51. The van der Waals surface area contributed by atoms with Gasteiger partial charge in [-0.3, -0.25) is 9.88 Å². The molecular weight excluding hydrogens is 226 g/mol. The van der Waals surface area contributed by atoms with E-state index >= 15 is 0 Å². The monoisotopic (exact) mass is 251 g/mol. The van der Waals surface area contributed by atoms with Crippen LogP contribution in [-0.2, 0) is 11.3 Å². The molecule has 0 aromatic carbocycles. The lowest BCUT2D eigenvalue weighted by Crippen LogP contribution is -2.52. The van der Waals surface area contributed by atoms with Crippen LogP contribution >= 0.6 is 0 Å². The molecule has 0 amide bonds. The number of hydrogen-bond donors (Lipinski definition) is 1. The second kappa shape index (κ2) is 6.83. The first-order valence-electron chi connectivity index (χ1n) is 6.43. The van der Waals surface area contributed by atoms with E-state index in [-0.39, 0.29) is 5.54 Å². The summed E-state index contributed by atoms with van der Waals surface area (Å²) < 4.78 is 5.53. The maximum atomic E-state index is 5.89. The molecule has 4 nitrogen and oxygen atoms in total. The normalized spacial score (nSPS) is 14.8. The average molecular weight is 251 g/mol. The van der Waals surface area contributed by atoms with Gasteiger partial charge in [-0.15, -0.1) is 0 Å². The molecule has 1 aromatic heterocycles. The highest BCUT2D eigenvalue weighted by atomic mass is 16.5. The highest BCUT2D eigenvalue weighted by molar-refractivity contribution is 5.10.